The smallest absolute Gasteiger partial charge is 0.159 e. The maximum absolute atomic E-state index is 6.85. The molecule has 11 aromatic rings. The third kappa shape index (κ3) is 5.10. The summed E-state index contributed by atoms with van der Waals surface area (Å²) >= 11 is 0. The lowest BCUT2D eigenvalue weighted by Gasteiger charge is -2.31. The second kappa shape index (κ2) is 13.1. The number of hydrogen-bond donors (Lipinski definition) is 0. The van der Waals surface area contributed by atoms with Crippen molar-refractivity contribution < 1.29 is 8.83 Å². The highest BCUT2D eigenvalue weighted by Gasteiger charge is 2.27. The Bertz CT molecular complexity index is 3600. The van der Waals surface area contributed by atoms with E-state index in [2.05, 4.69) is 195 Å². The molecule has 4 nitrogen and oxygen atoms in total. The van der Waals surface area contributed by atoms with Gasteiger partial charge >= 0.3 is 0 Å². The van der Waals surface area contributed by atoms with Gasteiger partial charge in [0.1, 0.15) is 11.2 Å². The van der Waals surface area contributed by atoms with Gasteiger partial charge in [-0.05, 0) is 116 Å². The third-order valence-corrected chi connectivity index (χ3v) is 12.9. The predicted octanol–water partition coefficient (Wildman–Crippen LogP) is 16.5. The SMILES string of the molecule is CC1=CC=C(N(c2ccc3ccc4c(N(c5ccc(C)cc5)c5cccc6c5oc5c(C)cccc56)ccc5ccc2c3c54)c2cccc3c2oc2c(C)cccc23)CC1. The van der Waals surface area contributed by atoms with Crippen LogP contribution in [0.5, 0.6) is 0 Å². The number of para-hydroxylation sites is 4. The molecule has 12 rings (SSSR count). The van der Waals surface area contributed by atoms with E-state index in [1.165, 1.54) is 49.2 Å². The lowest BCUT2D eigenvalue weighted by atomic mass is 9.91. The summed E-state index contributed by atoms with van der Waals surface area (Å²) in [5, 5.41) is 11.8. The Kier molecular flexibility index (Phi) is 7.58. The zero-order chi connectivity index (χ0) is 40.2. The average molecular weight is 775 g/mol. The predicted molar refractivity (Wildman–Crippen MR) is 253 cm³/mol. The number of fused-ring (bicyclic) bond motifs is 6. The standard InChI is InChI=1S/C56H42N2O2/c1-33-17-25-39(26-18-33)57(49-15-7-13-43-41-11-5-9-35(3)53(41)59-55(43)49)47-31-23-37-22-30-46-48(32-24-38-21-29-45(47)51(37)52(38)46)58(40-27-19-34(2)20-28-40)50-16-8-14-44-42-12-6-10-36(4)54(42)60-56(44)50/h5-19,21-27,29-32H,20,28H2,1-4H3. The van der Waals surface area contributed by atoms with E-state index >= 15 is 0 Å². The van der Waals surface area contributed by atoms with E-state index in [-0.39, 0.29) is 0 Å². The van der Waals surface area contributed by atoms with E-state index in [0.29, 0.717) is 0 Å². The van der Waals surface area contributed by atoms with Crippen LogP contribution < -0.4 is 9.80 Å². The highest BCUT2D eigenvalue weighted by atomic mass is 16.3. The number of rotatable bonds is 6. The van der Waals surface area contributed by atoms with E-state index in [0.717, 1.165) is 96.3 Å². The monoisotopic (exact) mass is 774 g/mol. The van der Waals surface area contributed by atoms with Crippen molar-refractivity contribution in [1.82, 2.24) is 0 Å². The van der Waals surface area contributed by atoms with Gasteiger partial charge in [0.15, 0.2) is 11.2 Å². The highest BCUT2D eigenvalue weighted by Crippen LogP contribution is 2.50. The van der Waals surface area contributed by atoms with Crippen LogP contribution in [0.3, 0.4) is 0 Å². The summed E-state index contributed by atoms with van der Waals surface area (Å²) < 4.78 is 13.7. The van der Waals surface area contributed by atoms with Gasteiger partial charge in [0.25, 0.3) is 0 Å². The van der Waals surface area contributed by atoms with Crippen LogP contribution in [0.2, 0.25) is 0 Å². The van der Waals surface area contributed by atoms with Gasteiger partial charge in [-0.25, -0.2) is 0 Å². The molecule has 0 aliphatic heterocycles. The molecule has 0 spiro atoms. The van der Waals surface area contributed by atoms with Crippen molar-refractivity contribution in [3.8, 4) is 0 Å². The Morgan fingerprint density at radius 3 is 1.40 bits per heavy atom. The molecule has 9 aromatic carbocycles. The van der Waals surface area contributed by atoms with Crippen LogP contribution >= 0.6 is 0 Å². The number of aryl methyl sites for hydroxylation is 3. The number of nitrogens with zero attached hydrogens (tertiary/aromatic N) is 2. The summed E-state index contributed by atoms with van der Waals surface area (Å²) in [6, 6.07) is 53.3. The van der Waals surface area contributed by atoms with Gasteiger partial charge in [-0.1, -0.05) is 126 Å². The van der Waals surface area contributed by atoms with Crippen molar-refractivity contribution in [2.75, 3.05) is 9.80 Å². The molecular weight excluding hydrogens is 733 g/mol. The lowest BCUT2D eigenvalue weighted by Crippen LogP contribution is -2.18. The second-order valence-corrected chi connectivity index (χ2v) is 16.7. The molecule has 0 N–H and O–H groups in total. The van der Waals surface area contributed by atoms with Crippen molar-refractivity contribution >= 4 is 105 Å². The minimum atomic E-state index is 0.881. The summed E-state index contributed by atoms with van der Waals surface area (Å²) in [5.41, 5.74) is 15.2. The third-order valence-electron chi connectivity index (χ3n) is 12.9. The van der Waals surface area contributed by atoms with Crippen LogP contribution in [0.4, 0.5) is 28.4 Å². The van der Waals surface area contributed by atoms with Crippen LogP contribution in [-0.4, -0.2) is 0 Å². The molecule has 0 radical (unpaired) electrons. The zero-order valence-electron chi connectivity index (χ0n) is 34.1. The van der Waals surface area contributed by atoms with Crippen LogP contribution in [0, 0.1) is 20.8 Å². The molecule has 0 atom stereocenters. The van der Waals surface area contributed by atoms with Gasteiger partial charge in [0.05, 0.1) is 22.7 Å². The minimum Gasteiger partial charge on any atom is -0.454 e. The lowest BCUT2D eigenvalue weighted by molar-refractivity contribution is 0.665. The first-order valence-corrected chi connectivity index (χ1v) is 21.0. The molecule has 0 saturated heterocycles. The van der Waals surface area contributed by atoms with Crippen molar-refractivity contribution in [2.45, 2.75) is 40.5 Å². The molecule has 0 bridgehead atoms. The summed E-state index contributed by atoms with van der Waals surface area (Å²) in [5.74, 6) is 0. The molecule has 2 aromatic heterocycles. The molecule has 0 fully saturated rings. The number of allylic oxidation sites excluding steroid dienone is 4. The highest BCUT2D eigenvalue weighted by molar-refractivity contribution is 6.28. The molecule has 1 aliphatic rings. The van der Waals surface area contributed by atoms with Gasteiger partial charge in [0.2, 0.25) is 0 Å². The van der Waals surface area contributed by atoms with Gasteiger partial charge in [-0.2, -0.15) is 0 Å². The van der Waals surface area contributed by atoms with Gasteiger partial charge < -0.3 is 18.6 Å². The van der Waals surface area contributed by atoms with Gasteiger partial charge in [-0.3, -0.25) is 0 Å². The minimum absolute atomic E-state index is 0.881. The van der Waals surface area contributed by atoms with Crippen LogP contribution in [0.15, 0.2) is 178 Å². The number of anilines is 5. The normalized spacial score (nSPS) is 13.4. The largest absolute Gasteiger partial charge is 0.454 e. The molecular formula is C56H42N2O2. The van der Waals surface area contributed by atoms with Gasteiger partial charge in [-0.15, -0.1) is 0 Å². The quantitative estimate of drug-likeness (QED) is 0.158. The fourth-order valence-corrected chi connectivity index (χ4v) is 9.86. The number of benzene rings is 9. The molecule has 4 heteroatoms. The van der Waals surface area contributed by atoms with E-state index in [1.807, 2.05) is 0 Å². The summed E-state index contributed by atoms with van der Waals surface area (Å²) in [6.07, 6.45) is 6.53. The van der Waals surface area contributed by atoms with Crippen molar-refractivity contribution in [2.24, 2.45) is 0 Å². The molecule has 0 unspecified atom stereocenters. The topological polar surface area (TPSA) is 32.8 Å². The maximum atomic E-state index is 6.85. The fourth-order valence-electron chi connectivity index (χ4n) is 9.86. The first-order valence-electron chi connectivity index (χ1n) is 21.0. The van der Waals surface area contributed by atoms with Gasteiger partial charge in [0, 0.05) is 43.7 Å². The Morgan fingerprint density at radius 2 is 0.867 bits per heavy atom. The summed E-state index contributed by atoms with van der Waals surface area (Å²) in [7, 11) is 0. The van der Waals surface area contributed by atoms with Crippen LogP contribution in [0.25, 0.3) is 76.2 Å². The number of hydrogen-bond acceptors (Lipinski definition) is 4. The molecule has 1 aliphatic carbocycles. The fraction of sp³-hybridized carbons (Fsp3) is 0.107. The van der Waals surface area contributed by atoms with Crippen molar-refractivity contribution in [3.63, 3.8) is 0 Å². The van der Waals surface area contributed by atoms with Crippen molar-refractivity contribution in [1.29, 1.82) is 0 Å². The average Bonchev–Trinajstić information content (AvgIpc) is 3.86. The Hall–Kier alpha value is -7.30. The van der Waals surface area contributed by atoms with E-state index < -0.39 is 0 Å². The Morgan fingerprint density at radius 1 is 0.383 bits per heavy atom. The molecule has 0 amide bonds. The van der Waals surface area contributed by atoms with E-state index in [1.54, 1.807) is 0 Å². The molecule has 2 heterocycles. The zero-order valence-corrected chi connectivity index (χ0v) is 34.1. The maximum Gasteiger partial charge on any atom is 0.159 e. The van der Waals surface area contributed by atoms with Crippen molar-refractivity contribution in [3.05, 3.63) is 186 Å². The first kappa shape index (κ1) is 34.7. The summed E-state index contributed by atoms with van der Waals surface area (Å²) in [6.45, 7) is 8.62. The summed E-state index contributed by atoms with van der Waals surface area (Å²) in [4.78, 5) is 4.86. The molecule has 0 saturated carbocycles. The molecule has 288 valence electrons. The van der Waals surface area contributed by atoms with Crippen LogP contribution in [0.1, 0.15) is 36.5 Å². The molecule has 60 heavy (non-hydrogen) atoms. The van der Waals surface area contributed by atoms with Crippen LogP contribution in [-0.2, 0) is 0 Å². The Balaban J connectivity index is 1.13. The number of furan rings is 2. The first-order chi connectivity index (χ1) is 29.4. The van der Waals surface area contributed by atoms with E-state index in [4.69, 9.17) is 8.83 Å². The Labute approximate surface area is 348 Å². The second-order valence-electron chi connectivity index (χ2n) is 16.7. The van der Waals surface area contributed by atoms with E-state index in [9.17, 15) is 0 Å².